The standard InChI is InChI=1S/C10H11N5O2S/c1-6-8(18-5-13-6)4-12-10-7(15(16)17)2-3-9(11)14-10/h2-3,5H,4H2,1H3,(H3,11,12,14). The molecule has 0 fully saturated rings. The Kier molecular flexibility index (Phi) is 3.38. The van der Waals surface area contributed by atoms with Gasteiger partial charge in [-0.2, -0.15) is 0 Å². The normalized spacial score (nSPS) is 10.3. The van der Waals surface area contributed by atoms with Crippen molar-refractivity contribution in [2.75, 3.05) is 11.1 Å². The molecule has 0 saturated carbocycles. The Morgan fingerprint density at radius 1 is 1.56 bits per heavy atom. The molecule has 0 amide bonds. The zero-order valence-corrected chi connectivity index (χ0v) is 10.4. The molecular weight excluding hydrogens is 254 g/mol. The number of anilines is 2. The summed E-state index contributed by atoms with van der Waals surface area (Å²) in [5.41, 5.74) is 8.06. The second-order valence-electron chi connectivity index (χ2n) is 3.58. The summed E-state index contributed by atoms with van der Waals surface area (Å²) < 4.78 is 0. The van der Waals surface area contributed by atoms with Crippen molar-refractivity contribution < 1.29 is 4.92 Å². The number of thiazole rings is 1. The Labute approximate surface area is 107 Å². The lowest BCUT2D eigenvalue weighted by molar-refractivity contribution is -0.384. The molecule has 7 nitrogen and oxygen atoms in total. The first kappa shape index (κ1) is 12.2. The number of pyridine rings is 1. The number of nitrogens with two attached hydrogens (primary N) is 1. The second kappa shape index (κ2) is 4.96. The number of hydrogen-bond acceptors (Lipinski definition) is 7. The molecule has 0 atom stereocenters. The van der Waals surface area contributed by atoms with E-state index in [-0.39, 0.29) is 17.3 Å². The van der Waals surface area contributed by atoms with Crippen molar-refractivity contribution in [2.24, 2.45) is 0 Å². The van der Waals surface area contributed by atoms with Gasteiger partial charge in [-0.15, -0.1) is 11.3 Å². The fourth-order valence-electron chi connectivity index (χ4n) is 1.40. The lowest BCUT2D eigenvalue weighted by Gasteiger charge is -2.05. The smallest absolute Gasteiger partial charge is 0.311 e. The van der Waals surface area contributed by atoms with Gasteiger partial charge in [0.2, 0.25) is 5.82 Å². The van der Waals surface area contributed by atoms with Crippen LogP contribution in [-0.4, -0.2) is 14.9 Å². The Morgan fingerprint density at radius 2 is 2.33 bits per heavy atom. The average Bonchev–Trinajstić information content (AvgIpc) is 2.72. The minimum absolute atomic E-state index is 0.0913. The van der Waals surface area contributed by atoms with Gasteiger partial charge < -0.3 is 11.1 Å². The molecule has 0 unspecified atom stereocenters. The maximum Gasteiger partial charge on any atom is 0.311 e. The van der Waals surface area contributed by atoms with E-state index in [1.165, 1.54) is 23.5 Å². The summed E-state index contributed by atoms with van der Waals surface area (Å²) in [4.78, 5) is 19.4. The number of nitrogens with one attached hydrogen (secondary N) is 1. The molecular formula is C10H11N5O2S. The van der Waals surface area contributed by atoms with Crippen molar-refractivity contribution in [3.63, 3.8) is 0 Å². The van der Waals surface area contributed by atoms with E-state index in [4.69, 9.17) is 5.73 Å². The Balaban J connectivity index is 2.20. The minimum Gasteiger partial charge on any atom is -0.384 e. The number of hydrogen-bond donors (Lipinski definition) is 2. The molecule has 2 aromatic heterocycles. The van der Waals surface area contributed by atoms with Gasteiger partial charge in [-0.1, -0.05) is 0 Å². The van der Waals surface area contributed by atoms with Gasteiger partial charge in [0, 0.05) is 10.9 Å². The zero-order chi connectivity index (χ0) is 13.1. The Bertz CT molecular complexity index is 583. The molecule has 8 heteroatoms. The quantitative estimate of drug-likeness (QED) is 0.646. The van der Waals surface area contributed by atoms with Crippen molar-refractivity contribution >= 4 is 28.7 Å². The van der Waals surface area contributed by atoms with Gasteiger partial charge in [-0.25, -0.2) is 9.97 Å². The van der Waals surface area contributed by atoms with Crippen molar-refractivity contribution in [2.45, 2.75) is 13.5 Å². The molecule has 2 heterocycles. The molecule has 0 saturated heterocycles. The summed E-state index contributed by atoms with van der Waals surface area (Å²) in [6.45, 7) is 2.32. The highest BCUT2D eigenvalue weighted by atomic mass is 32.1. The summed E-state index contributed by atoms with van der Waals surface area (Å²) in [6, 6.07) is 2.74. The predicted molar refractivity (Wildman–Crippen MR) is 69.5 cm³/mol. The molecule has 0 aliphatic heterocycles. The number of rotatable bonds is 4. The number of nitrogen functional groups attached to an aromatic ring is 1. The van der Waals surface area contributed by atoms with E-state index in [0.717, 1.165) is 10.6 Å². The van der Waals surface area contributed by atoms with Gasteiger partial charge in [0.05, 0.1) is 22.7 Å². The fraction of sp³-hybridized carbons (Fsp3) is 0.200. The molecule has 0 spiro atoms. The van der Waals surface area contributed by atoms with Gasteiger partial charge in [0.15, 0.2) is 0 Å². The molecule has 94 valence electrons. The zero-order valence-electron chi connectivity index (χ0n) is 9.58. The van der Waals surface area contributed by atoms with E-state index in [9.17, 15) is 10.1 Å². The van der Waals surface area contributed by atoms with E-state index < -0.39 is 4.92 Å². The third kappa shape index (κ3) is 2.54. The number of nitrogens with zero attached hydrogens (tertiary/aromatic N) is 3. The number of aromatic nitrogens is 2. The van der Waals surface area contributed by atoms with Crippen LogP contribution in [0.3, 0.4) is 0 Å². The second-order valence-corrected chi connectivity index (χ2v) is 4.51. The van der Waals surface area contributed by atoms with Crippen LogP contribution in [0.1, 0.15) is 10.6 Å². The van der Waals surface area contributed by atoms with Gasteiger partial charge in [0.1, 0.15) is 5.82 Å². The Morgan fingerprint density at radius 3 is 2.94 bits per heavy atom. The summed E-state index contributed by atoms with van der Waals surface area (Å²) in [6.07, 6.45) is 0. The molecule has 2 rings (SSSR count). The SMILES string of the molecule is Cc1ncsc1CNc1nc(N)ccc1[N+](=O)[O-]. The van der Waals surface area contributed by atoms with Crippen LogP contribution < -0.4 is 11.1 Å². The highest BCUT2D eigenvalue weighted by molar-refractivity contribution is 7.09. The van der Waals surface area contributed by atoms with Crippen LogP contribution in [0.2, 0.25) is 0 Å². The predicted octanol–water partition coefficient (Wildman–Crippen LogP) is 1.95. The van der Waals surface area contributed by atoms with E-state index in [1.54, 1.807) is 5.51 Å². The summed E-state index contributed by atoms with van der Waals surface area (Å²) in [7, 11) is 0. The van der Waals surface area contributed by atoms with Crippen LogP contribution in [0.4, 0.5) is 17.3 Å². The van der Waals surface area contributed by atoms with E-state index in [2.05, 4.69) is 15.3 Å². The average molecular weight is 265 g/mol. The van der Waals surface area contributed by atoms with Crippen molar-refractivity contribution in [1.29, 1.82) is 0 Å². The van der Waals surface area contributed by atoms with Gasteiger partial charge >= 0.3 is 5.69 Å². The highest BCUT2D eigenvalue weighted by Crippen LogP contribution is 2.24. The summed E-state index contributed by atoms with van der Waals surface area (Å²) in [5.74, 6) is 0.414. The largest absolute Gasteiger partial charge is 0.384 e. The molecule has 0 bridgehead atoms. The third-order valence-corrected chi connectivity index (χ3v) is 3.29. The number of nitro groups is 1. The summed E-state index contributed by atoms with van der Waals surface area (Å²) >= 11 is 1.48. The maximum atomic E-state index is 10.8. The van der Waals surface area contributed by atoms with Crippen molar-refractivity contribution in [3.8, 4) is 0 Å². The van der Waals surface area contributed by atoms with E-state index in [1.807, 2.05) is 6.92 Å². The van der Waals surface area contributed by atoms with Crippen molar-refractivity contribution in [1.82, 2.24) is 9.97 Å². The van der Waals surface area contributed by atoms with Crippen LogP contribution >= 0.6 is 11.3 Å². The van der Waals surface area contributed by atoms with Gasteiger partial charge in [0.25, 0.3) is 0 Å². The van der Waals surface area contributed by atoms with Crippen LogP contribution in [0.25, 0.3) is 0 Å². The molecule has 3 N–H and O–H groups in total. The molecule has 0 aliphatic carbocycles. The highest BCUT2D eigenvalue weighted by Gasteiger charge is 2.15. The first-order valence-electron chi connectivity index (χ1n) is 5.11. The summed E-state index contributed by atoms with van der Waals surface area (Å²) in [5, 5.41) is 13.8. The molecule has 18 heavy (non-hydrogen) atoms. The molecule has 0 aromatic carbocycles. The van der Waals surface area contributed by atoms with Crippen molar-refractivity contribution in [3.05, 3.63) is 38.3 Å². The van der Waals surface area contributed by atoms with Gasteiger partial charge in [-0.05, 0) is 13.0 Å². The molecule has 2 aromatic rings. The monoisotopic (exact) mass is 265 g/mol. The third-order valence-electron chi connectivity index (χ3n) is 2.35. The fourth-order valence-corrected chi connectivity index (χ4v) is 2.12. The van der Waals surface area contributed by atoms with Crippen LogP contribution in [0.5, 0.6) is 0 Å². The first-order valence-corrected chi connectivity index (χ1v) is 5.99. The van der Waals surface area contributed by atoms with Crippen LogP contribution in [0, 0.1) is 17.0 Å². The minimum atomic E-state index is -0.492. The van der Waals surface area contributed by atoms with Crippen LogP contribution in [-0.2, 0) is 6.54 Å². The van der Waals surface area contributed by atoms with Gasteiger partial charge in [-0.3, -0.25) is 10.1 Å². The molecule has 0 aliphatic rings. The lowest BCUT2D eigenvalue weighted by atomic mass is 10.3. The molecule has 0 radical (unpaired) electrons. The lowest BCUT2D eigenvalue weighted by Crippen LogP contribution is -2.06. The van der Waals surface area contributed by atoms with E-state index >= 15 is 0 Å². The first-order chi connectivity index (χ1) is 8.58. The topological polar surface area (TPSA) is 107 Å². The maximum absolute atomic E-state index is 10.8. The van der Waals surface area contributed by atoms with E-state index in [0.29, 0.717) is 6.54 Å². The number of aryl methyl sites for hydroxylation is 1. The van der Waals surface area contributed by atoms with Crippen LogP contribution in [0.15, 0.2) is 17.6 Å². The Hall–Kier alpha value is -2.22.